The molecule has 0 unspecified atom stereocenters. The maximum absolute atomic E-state index is 10.6. The van der Waals surface area contributed by atoms with Gasteiger partial charge in [0.1, 0.15) is 0 Å². The second-order valence-electron chi connectivity index (χ2n) is 2.96. The van der Waals surface area contributed by atoms with E-state index in [9.17, 15) is 4.79 Å². The predicted octanol–water partition coefficient (Wildman–Crippen LogP) is 0.921. The van der Waals surface area contributed by atoms with Crippen LogP contribution in [0.4, 0.5) is 0 Å². The Morgan fingerprint density at radius 2 is 2.33 bits per heavy atom. The van der Waals surface area contributed by atoms with Crippen molar-refractivity contribution in [3.05, 3.63) is 0 Å². The minimum Gasteiger partial charge on any atom is -0.353 e. The van der Waals surface area contributed by atoms with Crippen molar-refractivity contribution in [1.82, 2.24) is 5.32 Å². The number of rotatable bonds is 1. The van der Waals surface area contributed by atoms with Crippen LogP contribution in [-0.2, 0) is 4.79 Å². The Morgan fingerprint density at radius 3 is 2.56 bits per heavy atom. The van der Waals surface area contributed by atoms with Gasteiger partial charge in [0.15, 0.2) is 0 Å². The van der Waals surface area contributed by atoms with Crippen LogP contribution in [0, 0.1) is 5.92 Å². The van der Waals surface area contributed by atoms with E-state index < -0.39 is 0 Å². The van der Waals surface area contributed by atoms with Gasteiger partial charge in [0.25, 0.3) is 0 Å². The van der Waals surface area contributed by atoms with Crippen molar-refractivity contribution in [2.45, 2.75) is 32.7 Å². The van der Waals surface area contributed by atoms with E-state index in [-0.39, 0.29) is 5.91 Å². The van der Waals surface area contributed by atoms with E-state index in [0.29, 0.717) is 12.0 Å². The quantitative estimate of drug-likeness (QED) is 0.557. The minimum atomic E-state index is 0.216. The Bertz CT molecular complexity index is 120. The van der Waals surface area contributed by atoms with Gasteiger partial charge in [0.2, 0.25) is 5.91 Å². The first-order chi connectivity index (χ1) is 4.20. The van der Waals surface area contributed by atoms with Crippen LogP contribution in [0.3, 0.4) is 0 Å². The lowest BCUT2D eigenvalue weighted by Crippen LogP contribution is -2.29. The van der Waals surface area contributed by atoms with Gasteiger partial charge < -0.3 is 5.32 Å². The summed E-state index contributed by atoms with van der Waals surface area (Å²) in [6, 6.07) is 0.442. The first kappa shape index (κ1) is 6.59. The van der Waals surface area contributed by atoms with Crippen molar-refractivity contribution in [3.63, 3.8) is 0 Å². The highest BCUT2D eigenvalue weighted by atomic mass is 16.1. The van der Waals surface area contributed by atoms with Gasteiger partial charge in [0.05, 0.1) is 0 Å². The average Bonchev–Trinajstić information content (AvgIpc) is 2.14. The summed E-state index contributed by atoms with van der Waals surface area (Å²) in [5, 5.41) is 2.91. The monoisotopic (exact) mass is 127 g/mol. The van der Waals surface area contributed by atoms with Gasteiger partial charge in [-0.15, -0.1) is 0 Å². The zero-order valence-corrected chi connectivity index (χ0v) is 5.98. The highest BCUT2D eigenvalue weighted by Gasteiger charge is 2.22. The molecule has 0 aromatic carbocycles. The lowest BCUT2D eigenvalue weighted by atomic mass is 10.0. The summed E-state index contributed by atoms with van der Waals surface area (Å²) in [5.74, 6) is 0.810. The van der Waals surface area contributed by atoms with Crippen molar-refractivity contribution >= 4 is 5.91 Å². The number of carbonyl (C=O) groups is 1. The molecule has 1 aliphatic heterocycles. The van der Waals surface area contributed by atoms with Gasteiger partial charge in [-0.3, -0.25) is 4.79 Å². The third-order valence-electron chi connectivity index (χ3n) is 1.83. The fraction of sp³-hybridized carbons (Fsp3) is 0.857. The third kappa shape index (κ3) is 1.44. The lowest BCUT2D eigenvalue weighted by molar-refractivity contribution is -0.119. The summed E-state index contributed by atoms with van der Waals surface area (Å²) in [5.41, 5.74) is 0. The van der Waals surface area contributed by atoms with E-state index in [1.165, 1.54) is 0 Å². The largest absolute Gasteiger partial charge is 0.353 e. The van der Waals surface area contributed by atoms with E-state index in [1.54, 1.807) is 0 Å². The van der Waals surface area contributed by atoms with Crippen molar-refractivity contribution in [2.24, 2.45) is 5.92 Å². The van der Waals surface area contributed by atoms with E-state index in [4.69, 9.17) is 0 Å². The summed E-state index contributed by atoms with van der Waals surface area (Å²) in [6.45, 7) is 4.27. The minimum absolute atomic E-state index is 0.216. The highest BCUT2D eigenvalue weighted by Crippen LogP contribution is 2.13. The number of amides is 1. The molecule has 1 heterocycles. The fourth-order valence-electron chi connectivity index (χ4n) is 1.14. The molecule has 0 radical (unpaired) electrons. The second-order valence-corrected chi connectivity index (χ2v) is 2.96. The molecule has 0 aromatic heterocycles. The zero-order valence-electron chi connectivity index (χ0n) is 5.98. The van der Waals surface area contributed by atoms with Crippen molar-refractivity contribution in [2.75, 3.05) is 0 Å². The van der Waals surface area contributed by atoms with Crippen molar-refractivity contribution in [1.29, 1.82) is 0 Å². The number of carbonyl (C=O) groups excluding carboxylic acids is 1. The Balaban J connectivity index is 2.39. The first-order valence-corrected chi connectivity index (χ1v) is 3.49. The van der Waals surface area contributed by atoms with Crippen molar-refractivity contribution < 1.29 is 4.79 Å². The van der Waals surface area contributed by atoms with E-state index >= 15 is 0 Å². The van der Waals surface area contributed by atoms with Crippen LogP contribution in [0.15, 0.2) is 0 Å². The maximum Gasteiger partial charge on any atom is 0.220 e. The molecule has 9 heavy (non-hydrogen) atoms. The van der Waals surface area contributed by atoms with E-state index in [2.05, 4.69) is 19.2 Å². The van der Waals surface area contributed by atoms with Crippen LogP contribution in [0.1, 0.15) is 26.7 Å². The number of hydrogen-bond acceptors (Lipinski definition) is 1. The predicted molar refractivity (Wildman–Crippen MR) is 36.0 cm³/mol. The van der Waals surface area contributed by atoms with Crippen LogP contribution in [0.2, 0.25) is 0 Å². The Labute approximate surface area is 55.6 Å². The SMILES string of the molecule is CC(C)[C@H]1CCC(=O)N1. The van der Waals surface area contributed by atoms with Gasteiger partial charge in [-0.05, 0) is 12.3 Å². The van der Waals surface area contributed by atoms with Crippen LogP contribution in [0.25, 0.3) is 0 Å². The summed E-state index contributed by atoms with van der Waals surface area (Å²) in [4.78, 5) is 10.6. The molecular weight excluding hydrogens is 114 g/mol. The molecule has 52 valence electrons. The normalized spacial score (nSPS) is 27.0. The third-order valence-corrected chi connectivity index (χ3v) is 1.83. The molecule has 1 rings (SSSR count). The molecule has 0 bridgehead atoms. The molecular formula is C7H13NO. The molecule has 1 N–H and O–H groups in total. The van der Waals surface area contributed by atoms with E-state index in [0.717, 1.165) is 12.8 Å². The van der Waals surface area contributed by atoms with Gasteiger partial charge in [-0.1, -0.05) is 13.8 Å². The van der Waals surface area contributed by atoms with Gasteiger partial charge in [-0.25, -0.2) is 0 Å². The van der Waals surface area contributed by atoms with Gasteiger partial charge in [0, 0.05) is 12.5 Å². The molecule has 0 saturated carbocycles. The smallest absolute Gasteiger partial charge is 0.220 e. The molecule has 1 amide bonds. The van der Waals surface area contributed by atoms with Gasteiger partial charge >= 0.3 is 0 Å². The first-order valence-electron chi connectivity index (χ1n) is 3.49. The molecule has 1 atom stereocenters. The maximum atomic E-state index is 10.6. The van der Waals surface area contributed by atoms with Gasteiger partial charge in [-0.2, -0.15) is 0 Å². The highest BCUT2D eigenvalue weighted by molar-refractivity contribution is 5.78. The molecule has 1 fully saturated rings. The summed E-state index contributed by atoms with van der Waals surface area (Å²) in [6.07, 6.45) is 1.75. The molecule has 0 aliphatic carbocycles. The van der Waals surface area contributed by atoms with Crippen LogP contribution in [0.5, 0.6) is 0 Å². The number of nitrogens with one attached hydrogen (secondary N) is 1. The van der Waals surface area contributed by atoms with Crippen LogP contribution in [-0.4, -0.2) is 11.9 Å². The molecule has 0 spiro atoms. The lowest BCUT2D eigenvalue weighted by Gasteiger charge is -2.12. The Hall–Kier alpha value is -0.530. The Morgan fingerprint density at radius 1 is 1.67 bits per heavy atom. The summed E-state index contributed by atoms with van der Waals surface area (Å²) < 4.78 is 0. The van der Waals surface area contributed by atoms with Crippen molar-refractivity contribution in [3.8, 4) is 0 Å². The number of hydrogen-bond donors (Lipinski definition) is 1. The van der Waals surface area contributed by atoms with E-state index in [1.807, 2.05) is 0 Å². The molecule has 2 nitrogen and oxygen atoms in total. The van der Waals surface area contributed by atoms with Crippen LogP contribution < -0.4 is 5.32 Å². The molecule has 2 heteroatoms. The second kappa shape index (κ2) is 2.38. The summed E-state index contributed by atoms with van der Waals surface area (Å²) >= 11 is 0. The standard InChI is InChI=1S/C7H13NO/c1-5(2)6-3-4-7(9)8-6/h5-6H,3-4H2,1-2H3,(H,8,9)/t6-/m1/s1. The average molecular weight is 127 g/mol. The molecule has 1 aliphatic rings. The molecule has 1 saturated heterocycles. The Kier molecular flexibility index (Phi) is 1.74. The fourth-order valence-corrected chi connectivity index (χ4v) is 1.14. The topological polar surface area (TPSA) is 29.1 Å². The molecule has 0 aromatic rings. The van der Waals surface area contributed by atoms with Crippen LogP contribution >= 0.6 is 0 Å². The zero-order chi connectivity index (χ0) is 6.85. The summed E-state index contributed by atoms with van der Waals surface area (Å²) in [7, 11) is 0.